The van der Waals surface area contributed by atoms with E-state index >= 15 is 0 Å². The number of nitrogens with one attached hydrogen (secondary N) is 1. The van der Waals surface area contributed by atoms with Crippen LogP contribution in [0, 0.1) is 11.7 Å². The molecule has 1 unspecified atom stereocenters. The van der Waals surface area contributed by atoms with Crippen molar-refractivity contribution in [3.63, 3.8) is 0 Å². The van der Waals surface area contributed by atoms with Crippen molar-refractivity contribution in [2.24, 2.45) is 10.9 Å². The van der Waals surface area contributed by atoms with Gasteiger partial charge in [0.15, 0.2) is 12.5 Å². The monoisotopic (exact) mass is 435 g/mol. The smallest absolute Gasteiger partial charge is 0.446 e. The number of ether oxygens (including phenoxy) is 1. The number of hydrogen-bond acceptors (Lipinski definition) is 5. The number of aliphatic imine (C=N–C) groups is 1. The molecule has 2 heterocycles. The van der Waals surface area contributed by atoms with Gasteiger partial charge in [0.25, 0.3) is 11.7 Å². The number of urea groups is 1. The maximum absolute atomic E-state index is 13.2. The van der Waals surface area contributed by atoms with Gasteiger partial charge in [-0.25, -0.2) is 9.18 Å². The van der Waals surface area contributed by atoms with Gasteiger partial charge >= 0.3 is 11.9 Å². The van der Waals surface area contributed by atoms with Gasteiger partial charge < -0.3 is 10.1 Å². The van der Waals surface area contributed by atoms with Crippen LogP contribution in [0.25, 0.3) is 0 Å². The number of amides is 4. The van der Waals surface area contributed by atoms with E-state index in [-0.39, 0.29) is 18.9 Å². The summed E-state index contributed by atoms with van der Waals surface area (Å²) < 4.78 is 19.4. The van der Waals surface area contributed by atoms with Gasteiger partial charge in [-0.15, -0.1) is 4.99 Å². The van der Waals surface area contributed by atoms with Gasteiger partial charge in [0.05, 0.1) is 7.11 Å². The number of imide groups is 1. The Hall–Kier alpha value is -4.14. The van der Waals surface area contributed by atoms with Crippen LogP contribution in [0.15, 0.2) is 65.7 Å². The molecule has 2 aliphatic rings. The molecule has 0 radical (unpaired) electrons. The molecule has 2 aromatic rings. The summed E-state index contributed by atoms with van der Waals surface area (Å²) in [4.78, 5) is 44.1. The van der Waals surface area contributed by atoms with Crippen LogP contribution in [0.4, 0.5) is 14.9 Å². The topological polar surface area (TPSA) is 91.1 Å². The van der Waals surface area contributed by atoms with Crippen LogP contribution in [-0.4, -0.2) is 53.0 Å². The Bertz CT molecular complexity index is 1150. The fraction of sp³-hybridized carbons (Fsp3) is 0.174. The number of dihydropyridines is 1. The highest BCUT2D eigenvalue weighted by Crippen LogP contribution is 2.22. The minimum absolute atomic E-state index is 0.0408. The molecule has 4 rings (SSSR count). The first kappa shape index (κ1) is 21.1. The van der Waals surface area contributed by atoms with Crippen LogP contribution in [0.1, 0.15) is 5.56 Å². The molecule has 1 atom stereocenters. The zero-order chi connectivity index (χ0) is 22.7. The first-order valence-electron chi connectivity index (χ1n) is 9.85. The largest absolute Gasteiger partial charge is 0.497 e. The van der Waals surface area contributed by atoms with Crippen LogP contribution in [0.5, 0.6) is 5.75 Å². The number of amidine groups is 1. The first-order valence-corrected chi connectivity index (χ1v) is 9.85. The van der Waals surface area contributed by atoms with Crippen molar-refractivity contribution in [1.29, 1.82) is 0 Å². The quantitative estimate of drug-likeness (QED) is 0.707. The molecular formula is C23H20FN4O4+. The Labute approximate surface area is 183 Å². The van der Waals surface area contributed by atoms with E-state index in [1.54, 1.807) is 43.5 Å². The second-order valence-electron chi connectivity index (χ2n) is 7.20. The molecular weight excluding hydrogens is 415 g/mol. The molecule has 4 amide bonds. The van der Waals surface area contributed by atoms with E-state index < -0.39 is 29.6 Å². The summed E-state index contributed by atoms with van der Waals surface area (Å²) in [6, 6.07) is 11.6. The Morgan fingerprint density at radius 3 is 2.56 bits per heavy atom. The fourth-order valence-electron chi connectivity index (χ4n) is 3.47. The summed E-state index contributed by atoms with van der Waals surface area (Å²) in [6.07, 6.45) is 4.74. The Balaban J connectivity index is 1.58. The van der Waals surface area contributed by atoms with Crippen LogP contribution < -0.4 is 10.1 Å². The van der Waals surface area contributed by atoms with Crippen molar-refractivity contribution in [1.82, 2.24) is 4.90 Å². The molecule has 1 N–H and O–H groups in total. The average molecular weight is 435 g/mol. The molecule has 0 saturated carbocycles. The van der Waals surface area contributed by atoms with E-state index in [0.717, 1.165) is 10.5 Å². The summed E-state index contributed by atoms with van der Waals surface area (Å²) in [5, 5.41) is 2.62. The summed E-state index contributed by atoms with van der Waals surface area (Å²) in [7, 11) is 1.55. The third-order valence-corrected chi connectivity index (χ3v) is 5.07. The number of fused-ring (bicyclic) bond motifs is 1. The van der Waals surface area contributed by atoms with Crippen molar-refractivity contribution < 1.29 is 28.1 Å². The third-order valence-electron chi connectivity index (χ3n) is 5.07. The normalized spacial score (nSPS) is 17.4. The van der Waals surface area contributed by atoms with Gasteiger partial charge in [0.2, 0.25) is 0 Å². The minimum atomic E-state index is -0.769. The fourth-order valence-corrected chi connectivity index (χ4v) is 3.47. The molecule has 0 bridgehead atoms. The van der Waals surface area contributed by atoms with Crippen molar-refractivity contribution in [3.05, 3.63) is 72.1 Å². The molecule has 32 heavy (non-hydrogen) atoms. The number of methoxy groups -OCH3 is 1. The molecule has 0 saturated heterocycles. The van der Waals surface area contributed by atoms with E-state index in [1.165, 1.54) is 35.1 Å². The van der Waals surface area contributed by atoms with Gasteiger partial charge in [-0.3, -0.25) is 9.59 Å². The molecule has 0 aliphatic carbocycles. The number of benzene rings is 2. The number of carbonyl (C=O) groups is 3. The van der Waals surface area contributed by atoms with E-state index in [9.17, 15) is 18.8 Å². The lowest BCUT2D eigenvalue weighted by Gasteiger charge is -2.27. The summed E-state index contributed by atoms with van der Waals surface area (Å²) in [5.41, 5.74) is 1.12. The van der Waals surface area contributed by atoms with E-state index in [4.69, 9.17) is 4.74 Å². The lowest BCUT2D eigenvalue weighted by atomic mass is 10.0. The number of carbonyl (C=O) groups excluding carboxylic acids is 3. The standard InChI is InChI=1S/C23H19FN4O4/c1-32-18-10-4-15(5-11-18)13-28-22(30)19-3-2-12-25-21(19)27(23(28)31)14-20(29)26-17-8-6-16(24)7-9-17/h2-12,19H,13-14H2,1H3/p+1. The van der Waals surface area contributed by atoms with Crippen molar-refractivity contribution >= 4 is 35.6 Å². The number of anilines is 1. The minimum Gasteiger partial charge on any atom is -0.497 e. The Morgan fingerprint density at radius 1 is 1.16 bits per heavy atom. The molecule has 2 aromatic carbocycles. The summed E-state index contributed by atoms with van der Waals surface area (Å²) in [6.45, 7) is -0.307. The molecule has 0 spiro atoms. The van der Waals surface area contributed by atoms with Gasteiger partial charge in [0, 0.05) is 5.69 Å². The molecule has 0 aromatic heterocycles. The first-order chi connectivity index (χ1) is 15.5. The zero-order valence-corrected chi connectivity index (χ0v) is 17.2. The maximum atomic E-state index is 13.2. The second kappa shape index (κ2) is 8.93. The highest BCUT2D eigenvalue weighted by molar-refractivity contribution is 6.15. The predicted octanol–water partition coefficient (Wildman–Crippen LogP) is 2.60. The number of rotatable bonds is 6. The molecule has 0 fully saturated rings. The lowest BCUT2D eigenvalue weighted by molar-refractivity contribution is -0.429. The van der Waals surface area contributed by atoms with Crippen molar-refractivity contribution in [2.75, 3.05) is 19.0 Å². The Morgan fingerprint density at radius 2 is 1.88 bits per heavy atom. The number of allylic oxidation sites excluding steroid dienone is 1. The number of nitrogens with zero attached hydrogens (tertiary/aromatic N) is 3. The number of halogens is 1. The molecule has 162 valence electrons. The zero-order valence-electron chi connectivity index (χ0n) is 17.2. The maximum Gasteiger partial charge on any atom is 0.446 e. The van der Waals surface area contributed by atoms with Gasteiger partial charge in [-0.2, -0.15) is 9.48 Å². The predicted molar refractivity (Wildman–Crippen MR) is 115 cm³/mol. The van der Waals surface area contributed by atoms with E-state index in [2.05, 4.69) is 10.3 Å². The van der Waals surface area contributed by atoms with Crippen LogP contribution in [0.3, 0.4) is 0 Å². The third kappa shape index (κ3) is 4.31. The highest BCUT2D eigenvalue weighted by Gasteiger charge is 2.47. The summed E-state index contributed by atoms with van der Waals surface area (Å²) in [5.74, 6) is -1.26. The van der Waals surface area contributed by atoms with Crippen LogP contribution in [0.2, 0.25) is 0 Å². The van der Waals surface area contributed by atoms with Crippen molar-refractivity contribution in [3.8, 4) is 5.75 Å². The lowest BCUT2D eigenvalue weighted by Crippen LogP contribution is -2.55. The van der Waals surface area contributed by atoms with Gasteiger partial charge in [-0.1, -0.05) is 18.2 Å². The molecule has 8 nitrogen and oxygen atoms in total. The Kier molecular flexibility index (Phi) is 5.89. The van der Waals surface area contributed by atoms with E-state index in [0.29, 0.717) is 11.4 Å². The van der Waals surface area contributed by atoms with E-state index in [1.807, 2.05) is 0 Å². The summed E-state index contributed by atoms with van der Waals surface area (Å²) >= 11 is 0. The molecule has 2 aliphatic heterocycles. The van der Waals surface area contributed by atoms with Crippen LogP contribution >= 0.6 is 0 Å². The SMILES string of the molecule is COc1ccc(CN2C(=O)C3C=CC=NC3=[N+](CC(=O)Nc3ccc(F)cc3)C2=O)cc1. The average Bonchev–Trinajstić information content (AvgIpc) is 2.81. The molecule has 9 heteroatoms. The van der Waals surface area contributed by atoms with Crippen molar-refractivity contribution in [2.45, 2.75) is 6.54 Å². The van der Waals surface area contributed by atoms with Gasteiger partial charge in [0.1, 0.15) is 24.3 Å². The van der Waals surface area contributed by atoms with Crippen LogP contribution in [-0.2, 0) is 16.1 Å². The highest BCUT2D eigenvalue weighted by atomic mass is 19.1. The number of hydrogen-bond donors (Lipinski definition) is 1. The second-order valence-corrected chi connectivity index (χ2v) is 7.20. The van der Waals surface area contributed by atoms with Gasteiger partial charge in [-0.05, 0) is 48.0 Å².